The molecule has 3 fully saturated rings. The second-order valence-electron chi connectivity index (χ2n) is 7.09. The van der Waals surface area contributed by atoms with Gasteiger partial charge in [0.25, 0.3) is 0 Å². The summed E-state index contributed by atoms with van der Waals surface area (Å²) >= 11 is 5.36. The van der Waals surface area contributed by atoms with Gasteiger partial charge in [-0.3, -0.25) is 0 Å². The summed E-state index contributed by atoms with van der Waals surface area (Å²) < 4.78 is 0. The summed E-state index contributed by atoms with van der Waals surface area (Å²) in [7, 11) is 0. The molecule has 126 valence electrons. The van der Waals surface area contributed by atoms with Gasteiger partial charge in [0.15, 0.2) is 5.11 Å². The van der Waals surface area contributed by atoms with Crippen molar-refractivity contribution in [3.05, 3.63) is 35.9 Å². The van der Waals surface area contributed by atoms with Crippen LogP contribution >= 0.6 is 12.2 Å². The number of nitrogens with zero attached hydrogens (tertiary/aromatic N) is 1. The van der Waals surface area contributed by atoms with Crippen LogP contribution in [0.5, 0.6) is 0 Å². The van der Waals surface area contributed by atoms with Gasteiger partial charge in [0.1, 0.15) is 0 Å². The second kappa shape index (κ2) is 8.65. The minimum Gasteiger partial charge on any atom is -0.363 e. The molecule has 1 aliphatic carbocycles. The molecule has 3 nitrogen and oxygen atoms in total. The molecular formula is C19H29N3S. The van der Waals surface area contributed by atoms with Crippen molar-refractivity contribution in [2.75, 3.05) is 26.2 Å². The average Bonchev–Trinajstić information content (AvgIpc) is 2.90. The number of fused-ring (bicyclic) bond motifs is 4. The van der Waals surface area contributed by atoms with Gasteiger partial charge in [0.05, 0.1) is 0 Å². The van der Waals surface area contributed by atoms with Crippen molar-refractivity contribution in [1.29, 1.82) is 0 Å². The van der Waals surface area contributed by atoms with Gasteiger partial charge in [0, 0.05) is 26.2 Å². The van der Waals surface area contributed by atoms with Crippen LogP contribution in [0.2, 0.25) is 0 Å². The highest BCUT2D eigenvalue weighted by molar-refractivity contribution is 7.80. The molecule has 1 aromatic carbocycles. The van der Waals surface area contributed by atoms with E-state index in [1.165, 1.54) is 57.3 Å². The lowest BCUT2D eigenvalue weighted by Crippen LogP contribution is -2.37. The fraction of sp³-hybridized carbons (Fsp3) is 0.632. The first-order valence-corrected chi connectivity index (χ1v) is 9.48. The van der Waals surface area contributed by atoms with E-state index in [2.05, 4.69) is 39.8 Å². The molecule has 0 atom stereocenters. The smallest absolute Gasteiger partial charge is 0.166 e. The minimum atomic E-state index is 0.768. The van der Waals surface area contributed by atoms with Crippen molar-refractivity contribution < 1.29 is 0 Å². The molecular weight excluding hydrogens is 302 g/mol. The van der Waals surface area contributed by atoms with E-state index < -0.39 is 0 Å². The maximum absolute atomic E-state index is 5.36. The van der Waals surface area contributed by atoms with Crippen LogP contribution in [0.4, 0.5) is 0 Å². The Balaban J connectivity index is 1.28. The predicted octanol–water partition coefficient (Wildman–Crippen LogP) is 3.16. The highest BCUT2D eigenvalue weighted by Gasteiger charge is 2.28. The Labute approximate surface area is 145 Å². The van der Waals surface area contributed by atoms with Crippen LogP contribution < -0.4 is 10.6 Å². The standard InChI is InChI=1S/C19H29N3S/c23-19(21-13-16-5-2-1-3-6-16)20-11-4-12-22-14-17-7-8-18(15-22)10-9-17/h1-3,5-6,17-18H,4,7-15H2,(H2,20,21,23). The fourth-order valence-electron chi connectivity index (χ4n) is 3.93. The predicted molar refractivity (Wildman–Crippen MR) is 100 cm³/mol. The third-order valence-electron chi connectivity index (χ3n) is 5.23. The monoisotopic (exact) mass is 331 g/mol. The van der Waals surface area contributed by atoms with Gasteiger partial charge >= 0.3 is 0 Å². The van der Waals surface area contributed by atoms with Crippen molar-refractivity contribution in [2.45, 2.75) is 38.6 Å². The molecule has 1 saturated carbocycles. The quantitative estimate of drug-likeness (QED) is 0.618. The lowest BCUT2D eigenvalue weighted by molar-refractivity contribution is 0.250. The van der Waals surface area contributed by atoms with E-state index in [4.69, 9.17) is 12.2 Å². The van der Waals surface area contributed by atoms with Crippen molar-refractivity contribution in [3.8, 4) is 0 Å². The molecule has 2 saturated heterocycles. The molecule has 0 spiro atoms. The normalized spacial score (nSPS) is 24.2. The Kier molecular flexibility index (Phi) is 6.29. The zero-order valence-corrected chi connectivity index (χ0v) is 14.8. The lowest BCUT2D eigenvalue weighted by Gasteiger charge is -2.22. The third kappa shape index (κ3) is 5.47. The van der Waals surface area contributed by atoms with Crippen LogP contribution in [0.15, 0.2) is 30.3 Å². The number of benzene rings is 1. The molecule has 2 heterocycles. The van der Waals surface area contributed by atoms with Gasteiger partial charge in [-0.1, -0.05) is 30.3 Å². The first kappa shape index (κ1) is 16.7. The summed E-state index contributed by atoms with van der Waals surface area (Å²) in [4.78, 5) is 2.69. The molecule has 4 heteroatoms. The number of hydrogen-bond acceptors (Lipinski definition) is 2. The second-order valence-corrected chi connectivity index (χ2v) is 7.50. The fourth-order valence-corrected chi connectivity index (χ4v) is 4.10. The van der Waals surface area contributed by atoms with Crippen LogP contribution in [0, 0.1) is 11.8 Å². The summed E-state index contributed by atoms with van der Waals surface area (Å²) in [5.74, 6) is 1.94. The summed E-state index contributed by atoms with van der Waals surface area (Å²) in [5, 5.41) is 7.39. The lowest BCUT2D eigenvalue weighted by atomic mass is 9.84. The van der Waals surface area contributed by atoms with Crippen LogP contribution in [0.1, 0.15) is 37.7 Å². The molecule has 0 radical (unpaired) electrons. The number of nitrogens with one attached hydrogen (secondary N) is 2. The molecule has 0 unspecified atom stereocenters. The Morgan fingerprint density at radius 3 is 2.30 bits per heavy atom. The van der Waals surface area contributed by atoms with Crippen LogP contribution in [-0.2, 0) is 6.54 Å². The molecule has 2 aliphatic heterocycles. The van der Waals surface area contributed by atoms with E-state index in [-0.39, 0.29) is 0 Å². The number of rotatable bonds is 6. The van der Waals surface area contributed by atoms with Gasteiger partial charge in [0.2, 0.25) is 0 Å². The minimum absolute atomic E-state index is 0.768. The molecule has 0 amide bonds. The average molecular weight is 332 g/mol. The Morgan fingerprint density at radius 1 is 1.00 bits per heavy atom. The first-order valence-electron chi connectivity index (χ1n) is 9.07. The highest BCUT2D eigenvalue weighted by atomic mass is 32.1. The van der Waals surface area contributed by atoms with Gasteiger partial charge in [-0.15, -0.1) is 0 Å². The van der Waals surface area contributed by atoms with E-state index in [0.717, 1.165) is 30.0 Å². The van der Waals surface area contributed by atoms with E-state index in [9.17, 15) is 0 Å². The van der Waals surface area contributed by atoms with Crippen molar-refractivity contribution in [3.63, 3.8) is 0 Å². The Bertz CT molecular complexity index is 469. The van der Waals surface area contributed by atoms with Crippen molar-refractivity contribution >= 4 is 17.3 Å². The van der Waals surface area contributed by atoms with Gasteiger partial charge in [-0.2, -0.15) is 0 Å². The van der Waals surface area contributed by atoms with E-state index in [1.807, 2.05) is 6.07 Å². The summed E-state index contributed by atoms with van der Waals surface area (Å²) in [6.45, 7) is 5.62. The van der Waals surface area contributed by atoms with Crippen LogP contribution in [0.3, 0.4) is 0 Å². The first-order chi connectivity index (χ1) is 11.3. The maximum Gasteiger partial charge on any atom is 0.166 e. The van der Waals surface area contributed by atoms with Crippen molar-refractivity contribution in [2.24, 2.45) is 11.8 Å². The molecule has 23 heavy (non-hydrogen) atoms. The number of thiocarbonyl (C=S) groups is 1. The molecule has 4 rings (SSSR count). The zero-order valence-electron chi connectivity index (χ0n) is 14.0. The largest absolute Gasteiger partial charge is 0.363 e. The highest BCUT2D eigenvalue weighted by Crippen LogP contribution is 2.33. The van der Waals surface area contributed by atoms with E-state index in [0.29, 0.717) is 0 Å². The number of hydrogen-bond donors (Lipinski definition) is 2. The topological polar surface area (TPSA) is 27.3 Å². The molecule has 0 aromatic heterocycles. The van der Waals surface area contributed by atoms with E-state index in [1.54, 1.807) is 0 Å². The molecule has 2 N–H and O–H groups in total. The summed E-state index contributed by atoms with van der Waals surface area (Å²) in [6, 6.07) is 10.4. The summed E-state index contributed by atoms with van der Waals surface area (Å²) in [5.41, 5.74) is 1.26. The summed E-state index contributed by atoms with van der Waals surface area (Å²) in [6.07, 6.45) is 7.03. The van der Waals surface area contributed by atoms with Crippen molar-refractivity contribution in [1.82, 2.24) is 15.5 Å². The molecule has 3 aliphatic rings. The van der Waals surface area contributed by atoms with Gasteiger partial charge in [-0.05, 0) is 68.3 Å². The molecule has 2 bridgehead atoms. The van der Waals surface area contributed by atoms with Gasteiger partial charge < -0.3 is 15.5 Å². The maximum atomic E-state index is 5.36. The van der Waals surface area contributed by atoms with Crippen LogP contribution in [-0.4, -0.2) is 36.2 Å². The van der Waals surface area contributed by atoms with E-state index >= 15 is 0 Å². The Hall–Kier alpha value is -1.13. The third-order valence-corrected chi connectivity index (χ3v) is 5.52. The SMILES string of the molecule is S=C(NCCCN1CC2CCC(CC2)C1)NCc1ccccc1. The van der Waals surface area contributed by atoms with Gasteiger partial charge in [-0.25, -0.2) is 0 Å². The van der Waals surface area contributed by atoms with Crippen LogP contribution in [0.25, 0.3) is 0 Å². The zero-order chi connectivity index (χ0) is 15.9. The molecule has 1 aromatic rings. The Morgan fingerprint density at radius 2 is 1.65 bits per heavy atom.